The number of unbranched alkanes of at least 4 members (excludes halogenated alkanes) is 2. The second kappa shape index (κ2) is 13.3. The Hall–Kier alpha value is -5.33. The highest BCUT2D eigenvalue weighted by Crippen LogP contribution is 2.48. The Kier molecular flexibility index (Phi) is 9.12. The second-order valence-electron chi connectivity index (χ2n) is 10.5. The van der Waals surface area contributed by atoms with Crippen LogP contribution in [0, 0.1) is 11.3 Å². The Balaban J connectivity index is 1.92. The zero-order chi connectivity index (χ0) is 31.2. The van der Waals surface area contributed by atoms with Gasteiger partial charge in [-0.15, -0.1) is 5.11 Å². The van der Waals surface area contributed by atoms with Gasteiger partial charge in [-0.05, 0) is 67.1 Å². The van der Waals surface area contributed by atoms with Crippen molar-refractivity contribution in [3.8, 4) is 34.1 Å². The van der Waals surface area contributed by atoms with Gasteiger partial charge in [0.05, 0.1) is 23.0 Å². The SMILES string of the molecule is CCc1ccc(C#N)c(-c2cc(C(=O)O)c3c(C(=O)O)c2-c2ccccc2N=Nc2ccccc2C(CCCCCO)O3)c1. The number of carbonyl (C=O) groups is 2. The third-order valence-electron chi connectivity index (χ3n) is 7.73. The summed E-state index contributed by atoms with van der Waals surface area (Å²) in [7, 11) is 0. The van der Waals surface area contributed by atoms with Gasteiger partial charge in [-0.3, -0.25) is 0 Å². The number of ether oxygens (including phenoxy) is 1. The van der Waals surface area contributed by atoms with Crippen LogP contribution in [0.25, 0.3) is 22.3 Å². The van der Waals surface area contributed by atoms with Gasteiger partial charge in [-0.2, -0.15) is 10.4 Å². The third kappa shape index (κ3) is 5.93. The second-order valence-corrected chi connectivity index (χ2v) is 10.5. The van der Waals surface area contributed by atoms with Crippen LogP contribution in [-0.2, 0) is 6.42 Å². The van der Waals surface area contributed by atoms with E-state index in [0.29, 0.717) is 60.2 Å². The van der Waals surface area contributed by atoms with Crippen molar-refractivity contribution in [1.82, 2.24) is 0 Å². The van der Waals surface area contributed by atoms with Gasteiger partial charge in [-0.1, -0.05) is 55.8 Å². The van der Waals surface area contributed by atoms with Crippen molar-refractivity contribution >= 4 is 23.3 Å². The van der Waals surface area contributed by atoms with E-state index in [2.05, 4.69) is 16.3 Å². The van der Waals surface area contributed by atoms with Gasteiger partial charge in [0.25, 0.3) is 0 Å². The molecule has 1 unspecified atom stereocenters. The summed E-state index contributed by atoms with van der Waals surface area (Å²) in [6.45, 7) is 1.99. The molecule has 0 aliphatic carbocycles. The highest BCUT2D eigenvalue weighted by atomic mass is 16.5. The van der Waals surface area contributed by atoms with E-state index in [1.54, 1.807) is 60.7 Å². The lowest BCUT2D eigenvalue weighted by Gasteiger charge is -2.25. The fraction of sp³-hybridized carbons (Fsp3) is 0.229. The molecule has 0 amide bonds. The highest BCUT2D eigenvalue weighted by Gasteiger charge is 2.33. The summed E-state index contributed by atoms with van der Waals surface area (Å²) in [5.74, 6) is -3.04. The smallest absolute Gasteiger partial charge is 0.340 e. The Morgan fingerprint density at radius 1 is 0.864 bits per heavy atom. The number of aliphatic hydroxyl groups excluding tert-OH is 1. The van der Waals surface area contributed by atoms with E-state index < -0.39 is 18.0 Å². The number of aryl methyl sites for hydroxylation is 1. The lowest BCUT2D eigenvalue weighted by atomic mass is 9.85. The molecule has 0 aromatic heterocycles. The minimum absolute atomic E-state index is 0.0373. The Morgan fingerprint density at radius 2 is 1.59 bits per heavy atom. The summed E-state index contributed by atoms with van der Waals surface area (Å²) < 4.78 is 6.49. The maximum absolute atomic E-state index is 13.3. The lowest BCUT2D eigenvalue weighted by Crippen LogP contribution is -2.16. The molecule has 0 radical (unpaired) electrons. The Bertz CT molecular complexity index is 1810. The molecule has 9 heteroatoms. The molecule has 222 valence electrons. The first-order valence-corrected chi connectivity index (χ1v) is 14.5. The fourth-order valence-corrected chi connectivity index (χ4v) is 5.54. The summed E-state index contributed by atoms with van der Waals surface area (Å²) in [4.78, 5) is 26.1. The number of nitrogens with zero attached hydrogens (tertiary/aromatic N) is 3. The molecular formula is C35H31N3O6. The van der Waals surface area contributed by atoms with Crippen LogP contribution in [0.3, 0.4) is 0 Å². The summed E-state index contributed by atoms with van der Waals surface area (Å²) in [6.07, 6.45) is 2.19. The first-order valence-electron chi connectivity index (χ1n) is 14.5. The summed E-state index contributed by atoms with van der Waals surface area (Å²) in [6, 6.07) is 22.9. The van der Waals surface area contributed by atoms with Crippen LogP contribution in [0.15, 0.2) is 83.0 Å². The normalized spacial score (nSPS) is 13.5. The van der Waals surface area contributed by atoms with Gasteiger partial charge >= 0.3 is 11.9 Å². The fourth-order valence-electron chi connectivity index (χ4n) is 5.54. The van der Waals surface area contributed by atoms with Crippen LogP contribution in [0.2, 0.25) is 0 Å². The summed E-state index contributed by atoms with van der Waals surface area (Å²) in [5, 5.41) is 49.7. The van der Waals surface area contributed by atoms with Crippen LogP contribution in [0.1, 0.15) is 76.1 Å². The largest absolute Gasteiger partial charge is 0.484 e. The number of benzene rings is 4. The molecular weight excluding hydrogens is 558 g/mol. The number of aliphatic hydroxyl groups is 1. The van der Waals surface area contributed by atoms with Crippen molar-refractivity contribution in [2.24, 2.45) is 10.2 Å². The first-order chi connectivity index (χ1) is 21.4. The van der Waals surface area contributed by atoms with E-state index in [0.717, 1.165) is 5.56 Å². The van der Waals surface area contributed by atoms with E-state index in [1.165, 1.54) is 6.07 Å². The number of nitriles is 1. The third-order valence-corrected chi connectivity index (χ3v) is 7.73. The van der Waals surface area contributed by atoms with Crippen molar-refractivity contribution in [3.05, 3.63) is 101 Å². The van der Waals surface area contributed by atoms with Gasteiger partial charge in [0.15, 0.2) is 0 Å². The first kappa shape index (κ1) is 30.1. The predicted molar refractivity (Wildman–Crippen MR) is 165 cm³/mol. The molecule has 0 fully saturated rings. The molecule has 9 nitrogen and oxygen atoms in total. The van der Waals surface area contributed by atoms with Crippen LogP contribution < -0.4 is 4.74 Å². The molecule has 1 aliphatic heterocycles. The van der Waals surface area contributed by atoms with Crippen LogP contribution in [-0.4, -0.2) is 33.9 Å². The predicted octanol–water partition coefficient (Wildman–Crippen LogP) is 8.25. The minimum Gasteiger partial charge on any atom is -0.484 e. The summed E-state index contributed by atoms with van der Waals surface area (Å²) >= 11 is 0. The summed E-state index contributed by atoms with van der Waals surface area (Å²) in [5.41, 5.74) is 3.22. The van der Waals surface area contributed by atoms with E-state index in [1.807, 2.05) is 13.0 Å². The van der Waals surface area contributed by atoms with Crippen molar-refractivity contribution in [2.75, 3.05) is 6.61 Å². The zero-order valence-electron chi connectivity index (χ0n) is 24.2. The van der Waals surface area contributed by atoms with Crippen LogP contribution in [0.5, 0.6) is 5.75 Å². The lowest BCUT2D eigenvalue weighted by molar-refractivity contribution is 0.0681. The number of hydrogen-bond donors (Lipinski definition) is 3. The Morgan fingerprint density at radius 3 is 2.30 bits per heavy atom. The molecule has 44 heavy (non-hydrogen) atoms. The number of carboxylic acid groups (broad SMARTS) is 2. The van der Waals surface area contributed by atoms with Crippen molar-refractivity contribution < 1.29 is 29.6 Å². The molecule has 2 bridgehead atoms. The molecule has 0 saturated carbocycles. The maximum atomic E-state index is 13.3. The molecule has 0 saturated heterocycles. The molecule has 1 aliphatic rings. The number of fused-ring (bicyclic) bond motifs is 5. The van der Waals surface area contributed by atoms with Crippen LogP contribution in [0.4, 0.5) is 11.4 Å². The molecule has 1 atom stereocenters. The van der Waals surface area contributed by atoms with Gasteiger partial charge in [0.2, 0.25) is 0 Å². The molecule has 1 heterocycles. The maximum Gasteiger partial charge on any atom is 0.340 e. The molecule has 3 N–H and O–H groups in total. The van der Waals surface area contributed by atoms with E-state index in [4.69, 9.17) is 4.74 Å². The number of azo groups is 1. The average molecular weight is 590 g/mol. The number of carboxylic acids is 2. The van der Waals surface area contributed by atoms with E-state index >= 15 is 0 Å². The highest BCUT2D eigenvalue weighted by molar-refractivity contribution is 6.10. The quantitative estimate of drug-likeness (QED) is 0.166. The molecule has 5 rings (SSSR count). The van der Waals surface area contributed by atoms with Gasteiger partial charge in [-0.25, -0.2) is 9.59 Å². The molecule has 0 spiro atoms. The van der Waals surface area contributed by atoms with Gasteiger partial charge in [0, 0.05) is 28.9 Å². The van der Waals surface area contributed by atoms with Gasteiger partial charge in [0.1, 0.15) is 23.0 Å². The molecule has 4 aromatic rings. The topological polar surface area (TPSA) is 153 Å². The number of hydrogen-bond acceptors (Lipinski definition) is 7. The van der Waals surface area contributed by atoms with Crippen molar-refractivity contribution in [1.29, 1.82) is 5.26 Å². The van der Waals surface area contributed by atoms with Crippen molar-refractivity contribution in [3.63, 3.8) is 0 Å². The van der Waals surface area contributed by atoms with Gasteiger partial charge < -0.3 is 20.1 Å². The molecule has 4 aromatic carbocycles. The standard InChI is InChI=1S/C35H31N3O6/c1-2-21-15-16-22(20-36)25(18-21)26-19-27(34(40)41)33-32(35(42)43)31(26)24-11-6-8-13-29(24)38-37-28-12-7-5-10-23(28)30(44-33)14-4-3-9-17-39/h5-8,10-13,15-16,18-19,30,39H,2-4,9,14,17H2,1H3,(H,40,41)(H,42,43). The average Bonchev–Trinajstić information content (AvgIpc) is 3.05. The minimum atomic E-state index is -1.39. The number of aromatic carboxylic acids is 2. The monoisotopic (exact) mass is 589 g/mol. The van der Waals surface area contributed by atoms with E-state index in [9.17, 15) is 30.2 Å². The zero-order valence-corrected chi connectivity index (χ0v) is 24.2. The van der Waals surface area contributed by atoms with Crippen molar-refractivity contribution in [2.45, 2.75) is 45.1 Å². The van der Waals surface area contributed by atoms with Crippen LogP contribution >= 0.6 is 0 Å². The Labute approximate surface area is 254 Å². The van der Waals surface area contributed by atoms with E-state index in [-0.39, 0.29) is 40.2 Å². The number of rotatable bonds is 9.